The van der Waals surface area contributed by atoms with Gasteiger partial charge in [-0.2, -0.15) is 0 Å². The van der Waals surface area contributed by atoms with Crippen molar-refractivity contribution in [2.45, 2.75) is 24.6 Å². The quantitative estimate of drug-likeness (QED) is 0.463. The summed E-state index contributed by atoms with van der Waals surface area (Å²) in [6.45, 7) is 3.13. The van der Waals surface area contributed by atoms with Crippen LogP contribution in [0.3, 0.4) is 0 Å². The summed E-state index contributed by atoms with van der Waals surface area (Å²) in [4.78, 5) is 11.8. The van der Waals surface area contributed by atoms with E-state index in [0.29, 0.717) is 0 Å². The van der Waals surface area contributed by atoms with Crippen LogP contribution in [0.1, 0.15) is 13.8 Å². The van der Waals surface area contributed by atoms with Crippen molar-refractivity contribution in [3.8, 4) is 11.5 Å². The number of aliphatic carboxylic acids is 1. The monoisotopic (exact) mass is 265 g/mol. The van der Waals surface area contributed by atoms with E-state index in [0.717, 1.165) is 4.90 Å². The fourth-order valence-corrected chi connectivity index (χ4v) is 1.77. The summed E-state index contributed by atoms with van der Waals surface area (Å²) in [5, 5.41) is 8.95. The van der Waals surface area contributed by atoms with E-state index in [4.69, 9.17) is 5.11 Å². The van der Waals surface area contributed by atoms with Crippen molar-refractivity contribution >= 4 is 34.4 Å². The predicted molar refractivity (Wildman–Crippen MR) is 59.3 cm³/mol. The molecule has 5 nitrogen and oxygen atoms in total. The molecule has 0 bridgehead atoms. The van der Waals surface area contributed by atoms with Crippen LogP contribution in [0.4, 0.5) is 0 Å². The van der Waals surface area contributed by atoms with Gasteiger partial charge in [0, 0.05) is 0 Å². The van der Waals surface area contributed by atoms with E-state index in [2.05, 4.69) is 24.1 Å². The minimum absolute atomic E-state index is 0.515. The normalized spacial score (nSPS) is 12.5. The number of rotatable bonds is 3. The zero-order chi connectivity index (χ0) is 12.1. The first-order chi connectivity index (χ1) is 6.84. The molecule has 0 radical (unpaired) electrons. The number of hydrogen-bond acceptors (Lipinski definition) is 5. The van der Waals surface area contributed by atoms with Crippen LogP contribution in [0, 0.1) is 11.5 Å². The van der Waals surface area contributed by atoms with Crippen molar-refractivity contribution in [1.29, 1.82) is 0 Å². The van der Waals surface area contributed by atoms with Crippen molar-refractivity contribution in [2.24, 2.45) is 0 Å². The summed E-state index contributed by atoms with van der Waals surface area (Å²) in [7, 11) is -1.03. The summed E-state index contributed by atoms with van der Waals surface area (Å²) in [6, 6.07) is -1.15. The molecule has 0 unspecified atom stereocenters. The zero-order valence-corrected chi connectivity index (χ0v) is 10.7. The number of carboxylic acids is 1. The third kappa shape index (κ3) is 4.90. The first-order valence-electron chi connectivity index (χ1n) is 3.75. The third-order valence-electron chi connectivity index (χ3n) is 1.46. The number of carbonyl (C=O) groups is 1. The van der Waals surface area contributed by atoms with Gasteiger partial charge < -0.3 is 0 Å². The number of nitrogens with zero attached hydrogens (tertiary/aromatic N) is 1. The van der Waals surface area contributed by atoms with E-state index in [-0.39, 0.29) is 0 Å². The van der Waals surface area contributed by atoms with Crippen LogP contribution in [-0.4, -0.2) is 26.8 Å². The second-order valence-electron chi connectivity index (χ2n) is 3.15. The Morgan fingerprint density at radius 1 is 1.40 bits per heavy atom. The van der Waals surface area contributed by atoms with Gasteiger partial charge in [0.15, 0.2) is 0 Å². The maximum atomic E-state index is 11.0. The van der Waals surface area contributed by atoms with Crippen LogP contribution >= 0.6 is 28.5 Å². The topological polar surface area (TPSA) is 74.7 Å². The number of hydrogen-bond donors (Lipinski definition) is 2. The van der Waals surface area contributed by atoms with Crippen LogP contribution in [0.15, 0.2) is 0 Å². The van der Waals surface area contributed by atoms with Crippen molar-refractivity contribution in [3.05, 3.63) is 0 Å². The molecule has 15 heavy (non-hydrogen) atoms. The molecule has 0 aliphatic heterocycles. The van der Waals surface area contributed by atoms with Crippen molar-refractivity contribution in [2.75, 3.05) is 0 Å². The van der Waals surface area contributed by atoms with E-state index in [1.807, 2.05) is 0 Å². The Hall–Kier alpha value is -0.200. The average Bonchev–Trinajstić information content (AvgIpc) is 2.01. The number of carboxylic acid groups (broad SMARTS) is 1. The van der Waals surface area contributed by atoms with Crippen LogP contribution in [0.5, 0.6) is 0 Å². The molecule has 0 aliphatic carbocycles. The van der Waals surface area contributed by atoms with Crippen LogP contribution in [0.25, 0.3) is 0 Å². The summed E-state index contributed by atoms with van der Waals surface area (Å²) < 4.78 is 19.7. The van der Waals surface area contributed by atoms with E-state index in [1.54, 1.807) is 13.8 Å². The molecule has 0 fully saturated rings. The molecule has 0 amide bonds. The maximum absolute atomic E-state index is 11.0. The van der Waals surface area contributed by atoms with E-state index in [9.17, 15) is 13.9 Å². The van der Waals surface area contributed by atoms with Gasteiger partial charge in [0.1, 0.15) is 0 Å². The molecular weight excluding hydrogens is 256 g/mol. The minimum atomic E-state index is -1.19. The summed E-state index contributed by atoms with van der Waals surface area (Å²) in [5.41, 5.74) is 0. The first-order valence-corrected chi connectivity index (χ1v) is 5.82. The molecule has 82 valence electrons. The van der Waals surface area contributed by atoms with E-state index < -0.39 is 32.6 Å². The zero-order valence-electron chi connectivity index (χ0n) is 8.04. The van der Waals surface area contributed by atoms with Crippen molar-refractivity contribution in [1.82, 2.24) is 4.90 Å². The van der Waals surface area contributed by atoms with Gasteiger partial charge in [-0.15, -0.1) is 0 Å². The Morgan fingerprint density at radius 2 is 1.80 bits per heavy atom. The Kier molecular flexibility index (Phi) is 6.31. The summed E-state index contributed by atoms with van der Waals surface area (Å²) in [6.07, 6.45) is 0. The van der Waals surface area contributed by atoms with Crippen LogP contribution in [0.2, 0.25) is 0 Å². The van der Waals surface area contributed by atoms with Gasteiger partial charge in [-0.3, -0.25) is 0 Å². The predicted octanol–water partition coefficient (Wildman–Crippen LogP) is 1.87. The van der Waals surface area contributed by atoms with E-state index in [1.165, 1.54) is 0 Å². The second kappa shape index (κ2) is 6.40. The molecule has 0 aromatic rings. The molecule has 0 aliphatic rings. The fourth-order valence-electron chi connectivity index (χ4n) is 0.954. The molecule has 1 atom stereocenters. The van der Waals surface area contributed by atoms with Crippen LogP contribution in [-0.2, 0) is 13.9 Å². The Bertz CT molecular complexity index is 418. The SMILES string of the molecule is CC(C)(S)[C@@H](C(=O)O)N(C#P=O)C#P=O. The second-order valence-corrected chi connectivity index (χ2v) is 5.06. The Morgan fingerprint density at radius 3 is 2.00 bits per heavy atom. The summed E-state index contributed by atoms with van der Waals surface area (Å²) in [5.74, 6) is 3.16. The summed E-state index contributed by atoms with van der Waals surface area (Å²) >= 11 is 4.10. The van der Waals surface area contributed by atoms with E-state index >= 15 is 0 Å². The molecule has 0 saturated carbocycles. The first kappa shape index (κ1) is 14.8. The van der Waals surface area contributed by atoms with Gasteiger partial charge in [0.05, 0.1) is 0 Å². The number of thiol groups is 1. The molecule has 0 saturated heterocycles. The van der Waals surface area contributed by atoms with Gasteiger partial charge in [-0.25, -0.2) is 0 Å². The van der Waals surface area contributed by atoms with Gasteiger partial charge >= 0.3 is 94.5 Å². The fraction of sp³-hybridized carbons (Fsp3) is 0.571. The molecule has 0 spiro atoms. The van der Waals surface area contributed by atoms with Crippen molar-refractivity contribution in [3.63, 3.8) is 0 Å². The van der Waals surface area contributed by atoms with Crippen molar-refractivity contribution < 1.29 is 19.0 Å². The molecule has 0 aromatic carbocycles. The third-order valence-corrected chi connectivity index (χ3v) is 2.30. The molecule has 0 aromatic heterocycles. The molecule has 0 rings (SSSR count). The molecular formula is C7H9NO4P2S. The molecule has 0 heterocycles. The standard InChI is InChI=1S/C7H9NO4P2S/c1-7(2,15)5(6(9)10)8(3-13-11)4-14-12/h5,15H,1-2H3,(H,9,10)/t5-/m1/s1. The van der Waals surface area contributed by atoms with Gasteiger partial charge in [-0.05, 0) is 0 Å². The van der Waals surface area contributed by atoms with Gasteiger partial charge in [0.25, 0.3) is 0 Å². The Labute approximate surface area is 94.9 Å². The van der Waals surface area contributed by atoms with Gasteiger partial charge in [-0.1, -0.05) is 0 Å². The molecule has 1 N–H and O–H groups in total. The average molecular weight is 265 g/mol. The van der Waals surface area contributed by atoms with Crippen LogP contribution < -0.4 is 0 Å². The Balaban J connectivity index is 5.42. The van der Waals surface area contributed by atoms with Gasteiger partial charge in [0.2, 0.25) is 0 Å². The molecule has 8 heteroatoms.